The van der Waals surface area contributed by atoms with Gasteiger partial charge < -0.3 is 5.32 Å². The van der Waals surface area contributed by atoms with Crippen LogP contribution in [0.25, 0.3) is 0 Å². The molecule has 30 heavy (non-hydrogen) atoms. The van der Waals surface area contributed by atoms with Crippen LogP contribution in [-0.2, 0) is 23.0 Å². The topological polar surface area (TPSA) is 75.3 Å². The summed E-state index contributed by atoms with van der Waals surface area (Å²) < 4.78 is 28.4. The fraction of sp³-hybridized carbons (Fsp3) is 0.208. The number of para-hydroxylation sites is 1. The lowest BCUT2D eigenvalue weighted by atomic mass is 10.1. The van der Waals surface area contributed by atoms with E-state index in [1.165, 1.54) is 6.07 Å². The number of hydrogen-bond acceptors (Lipinski definition) is 3. The predicted molar refractivity (Wildman–Crippen MR) is 120 cm³/mol. The average molecular weight is 423 g/mol. The molecule has 0 bridgehead atoms. The first-order chi connectivity index (χ1) is 14.3. The number of nitrogens with one attached hydrogen (secondary N) is 2. The Kier molecular flexibility index (Phi) is 6.70. The van der Waals surface area contributed by atoms with Gasteiger partial charge in [0.05, 0.1) is 4.90 Å². The minimum atomic E-state index is -3.77. The van der Waals surface area contributed by atoms with Crippen LogP contribution in [0.1, 0.15) is 39.5 Å². The molecule has 0 heterocycles. The highest BCUT2D eigenvalue weighted by Gasteiger charge is 2.19. The molecule has 3 aromatic rings. The normalized spacial score (nSPS) is 11.3. The molecule has 3 aromatic carbocycles. The van der Waals surface area contributed by atoms with Gasteiger partial charge in [-0.25, -0.2) is 13.1 Å². The van der Waals surface area contributed by atoms with E-state index in [9.17, 15) is 13.2 Å². The van der Waals surface area contributed by atoms with E-state index < -0.39 is 10.0 Å². The summed E-state index contributed by atoms with van der Waals surface area (Å²) in [6, 6.07) is 19.9. The molecule has 0 aliphatic carbocycles. The van der Waals surface area contributed by atoms with E-state index in [4.69, 9.17) is 0 Å². The molecule has 3 rings (SSSR count). The number of carbonyl (C=O) groups is 1. The van der Waals surface area contributed by atoms with E-state index in [0.29, 0.717) is 11.1 Å². The second-order valence-electron chi connectivity index (χ2n) is 7.21. The molecular weight excluding hydrogens is 396 g/mol. The van der Waals surface area contributed by atoms with Gasteiger partial charge in [-0.2, -0.15) is 0 Å². The third-order valence-corrected chi connectivity index (χ3v) is 6.57. The Morgan fingerprint density at radius 3 is 2.33 bits per heavy atom. The van der Waals surface area contributed by atoms with Crippen molar-refractivity contribution in [2.75, 3.05) is 5.32 Å². The molecule has 0 aromatic heterocycles. The lowest BCUT2D eigenvalue weighted by Crippen LogP contribution is -2.24. The van der Waals surface area contributed by atoms with Gasteiger partial charge in [-0.3, -0.25) is 4.79 Å². The second kappa shape index (κ2) is 9.24. The molecule has 0 unspecified atom stereocenters. The maximum absolute atomic E-state index is 12.9. The molecule has 0 radical (unpaired) electrons. The Balaban J connectivity index is 1.85. The number of benzene rings is 3. The van der Waals surface area contributed by atoms with Crippen LogP contribution in [0.3, 0.4) is 0 Å². The molecule has 0 saturated heterocycles. The average Bonchev–Trinajstić information content (AvgIpc) is 2.74. The van der Waals surface area contributed by atoms with E-state index in [-0.39, 0.29) is 17.3 Å². The molecule has 6 heteroatoms. The highest BCUT2D eigenvalue weighted by atomic mass is 32.2. The number of amides is 1. The summed E-state index contributed by atoms with van der Waals surface area (Å²) >= 11 is 0. The minimum absolute atomic E-state index is 0.103. The molecule has 5 nitrogen and oxygen atoms in total. The fourth-order valence-electron chi connectivity index (χ4n) is 3.27. The summed E-state index contributed by atoms with van der Waals surface area (Å²) in [5.41, 5.74) is 4.51. The summed E-state index contributed by atoms with van der Waals surface area (Å²) in [5, 5.41) is 2.95. The lowest BCUT2D eigenvalue weighted by molar-refractivity contribution is 0.102. The van der Waals surface area contributed by atoms with Gasteiger partial charge in [0, 0.05) is 17.8 Å². The highest BCUT2D eigenvalue weighted by Crippen LogP contribution is 2.23. The third kappa shape index (κ3) is 4.96. The van der Waals surface area contributed by atoms with E-state index in [1.807, 2.05) is 62.4 Å². The van der Waals surface area contributed by atoms with Crippen molar-refractivity contribution < 1.29 is 13.2 Å². The molecule has 2 N–H and O–H groups in total. The zero-order valence-electron chi connectivity index (χ0n) is 17.4. The Hall–Kier alpha value is -2.96. The van der Waals surface area contributed by atoms with Crippen LogP contribution in [0.4, 0.5) is 5.69 Å². The summed E-state index contributed by atoms with van der Waals surface area (Å²) in [6.07, 6.45) is 0.786. The number of rotatable bonds is 7. The molecule has 0 aliphatic rings. The molecule has 1 amide bonds. The van der Waals surface area contributed by atoms with Crippen LogP contribution >= 0.6 is 0 Å². The molecule has 0 aliphatic heterocycles. The highest BCUT2D eigenvalue weighted by molar-refractivity contribution is 7.89. The van der Waals surface area contributed by atoms with E-state index in [0.717, 1.165) is 28.8 Å². The van der Waals surface area contributed by atoms with Gasteiger partial charge in [-0.05, 0) is 54.7 Å². The van der Waals surface area contributed by atoms with Crippen molar-refractivity contribution in [3.8, 4) is 0 Å². The maximum atomic E-state index is 12.9. The third-order valence-electron chi connectivity index (χ3n) is 5.03. The van der Waals surface area contributed by atoms with Gasteiger partial charge in [0.2, 0.25) is 10.0 Å². The Labute approximate surface area is 178 Å². The Bertz CT molecular complexity index is 1160. The van der Waals surface area contributed by atoms with Gasteiger partial charge in [-0.1, -0.05) is 61.5 Å². The van der Waals surface area contributed by atoms with E-state index in [1.54, 1.807) is 19.1 Å². The number of hydrogen-bond donors (Lipinski definition) is 2. The van der Waals surface area contributed by atoms with Crippen molar-refractivity contribution in [1.29, 1.82) is 0 Å². The zero-order valence-corrected chi connectivity index (χ0v) is 18.2. The van der Waals surface area contributed by atoms with Crippen LogP contribution < -0.4 is 10.0 Å². The monoisotopic (exact) mass is 422 g/mol. The van der Waals surface area contributed by atoms with Gasteiger partial charge in [-0.15, -0.1) is 0 Å². The number of sulfonamides is 1. The molecule has 0 spiro atoms. The van der Waals surface area contributed by atoms with E-state index in [2.05, 4.69) is 10.0 Å². The summed E-state index contributed by atoms with van der Waals surface area (Å²) in [7, 11) is -3.77. The molecule has 156 valence electrons. The van der Waals surface area contributed by atoms with Crippen LogP contribution in [0.5, 0.6) is 0 Å². The maximum Gasteiger partial charge on any atom is 0.255 e. The van der Waals surface area contributed by atoms with E-state index >= 15 is 0 Å². The first-order valence-electron chi connectivity index (χ1n) is 9.86. The first kappa shape index (κ1) is 21.7. The lowest BCUT2D eigenvalue weighted by Gasteiger charge is -2.14. The number of anilines is 1. The van der Waals surface area contributed by atoms with Gasteiger partial charge in [0.1, 0.15) is 0 Å². The zero-order chi connectivity index (χ0) is 21.7. The van der Waals surface area contributed by atoms with Crippen LogP contribution in [0.15, 0.2) is 71.6 Å². The molecule has 0 fully saturated rings. The van der Waals surface area contributed by atoms with Crippen LogP contribution in [0.2, 0.25) is 0 Å². The first-order valence-corrected chi connectivity index (χ1v) is 11.3. The standard InChI is InChI=1S/C24H26N2O3S/c1-4-20-12-8-9-18(3)23(20)26-24(27)21-14-13-17(2)22(15-21)30(28,29)25-16-19-10-6-5-7-11-19/h5-15,25H,4,16H2,1-3H3,(H,26,27). The Morgan fingerprint density at radius 2 is 1.63 bits per heavy atom. The van der Waals surface area contributed by atoms with Crippen LogP contribution in [-0.4, -0.2) is 14.3 Å². The minimum Gasteiger partial charge on any atom is -0.321 e. The summed E-state index contributed by atoms with van der Waals surface area (Å²) in [4.78, 5) is 13.0. The SMILES string of the molecule is CCc1cccc(C)c1NC(=O)c1ccc(C)c(S(=O)(=O)NCc2ccccc2)c1. The fourth-order valence-corrected chi connectivity index (χ4v) is 4.56. The van der Waals surface area contributed by atoms with Crippen LogP contribution in [0, 0.1) is 13.8 Å². The van der Waals surface area contributed by atoms with Crippen molar-refractivity contribution in [2.45, 2.75) is 38.6 Å². The van der Waals surface area contributed by atoms with Crippen molar-refractivity contribution in [1.82, 2.24) is 4.72 Å². The van der Waals surface area contributed by atoms with Gasteiger partial charge >= 0.3 is 0 Å². The number of carbonyl (C=O) groups excluding carboxylic acids is 1. The second-order valence-corrected chi connectivity index (χ2v) is 8.94. The summed E-state index contributed by atoms with van der Waals surface area (Å²) in [6.45, 7) is 5.87. The predicted octanol–water partition coefficient (Wildman–Crippen LogP) is 4.60. The van der Waals surface area contributed by atoms with Crippen molar-refractivity contribution in [3.63, 3.8) is 0 Å². The van der Waals surface area contributed by atoms with Gasteiger partial charge in [0.25, 0.3) is 5.91 Å². The Morgan fingerprint density at radius 1 is 0.900 bits per heavy atom. The molecular formula is C24H26N2O3S. The quantitative estimate of drug-likeness (QED) is 0.584. The summed E-state index contributed by atoms with van der Waals surface area (Å²) in [5.74, 6) is -0.335. The van der Waals surface area contributed by atoms with Crippen molar-refractivity contribution >= 4 is 21.6 Å². The van der Waals surface area contributed by atoms with Crippen molar-refractivity contribution in [2.24, 2.45) is 0 Å². The smallest absolute Gasteiger partial charge is 0.255 e. The molecule has 0 atom stereocenters. The number of aryl methyl sites for hydroxylation is 3. The van der Waals surface area contributed by atoms with Gasteiger partial charge in [0.15, 0.2) is 0 Å². The van der Waals surface area contributed by atoms with Crippen molar-refractivity contribution in [3.05, 3.63) is 94.5 Å². The molecule has 0 saturated carbocycles. The largest absolute Gasteiger partial charge is 0.321 e.